The summed E-state index contributed by atoms with van der Waals surface area (Å²) < 4.78 is 10.6. The Morgan fingerprint density at radius 2 is 1.09 bits per heavy atom. The lowest BCUT2D eigenvalue weighted by Gasteiger charge is -2.14. The van der Waals surface area contributed by atoms with Crippen molar-refractivity contribution in [2.45, 2.75) is 0 Å². The maximum atomic E-state index is 10.9. The van der Waals surface area contributed by atoms with E-state index in [9.17, 15) is 19.8 Å². The summed E-state index contributed by atoms with van der Waals surface area (Å²) >= 11 is 0. The zero-order valence-corrected chi connectivity index (χ0v) is 11.5. The zero-order chi connectivity index (χ0) is 15.9. The van der Waals surface area contributed by atoms with E-state index in [-0.39, 0.29) is 35.8 Å². The van der Waals surface area contributed by atoms with Crippen molar-refractivity contribution >= 4 is 11.9 Å². The van der Waals surface area contributed by atoms with Crippen molar-refractivity contribution in [1.82, 2.24) is 0 Å². The largest absolute Gasteiger partial charge is 0.545 e. The van der Waals surface area contributed by atoms with Crippen LogP contribution < -0.4 is 19.7 Å². The van der Waals surface area contributed by atoms with E-state index >= 15 is 0 Å². The molecule has 0 fully saturated rings. The van der Waals surface area contributed by atoms with Crippen molar-refractivity contribution in [3.8, 4) is 11.5 Å². The molecule has 2 aromatic rings. The first kappa shape index (κ1) is 15.4. The maximum absolute atomic E-state index is 10.9. The van der Waals surface area contributed by atoms with Gasteiger partial charge in [0, 0.05) is 11.1 Å². The summed E-state index contributed by atoms with van der Waals surface area (Å²) in [6.45, 7) is 0.0946. The predicted octanol–water partition coefficient (Wildman–Crippen LogP) is -0.129. The van der Waals surface area contributed by atoms with E-state index in [1.807, 2.05) is 0 Å². The molecule has 0 heterocycles. The van der Waals surface area contributed by atoms with Crippen molar-refractivity contribution in [1.29, 1.82) is 0 Å². The number of carboxylic acid groups (broad SMARTS) is 2. The number of carbonyl (C=O) groups is 2. The van der Waals surface area contributed by atoms with Crippen LogP contribution in [-0.4, -0.2) is 25.2 Å². The highest BCUT2D eigenvalue weighted by Gasteiger charge is 2.05. The highest BCUT2D eigenvalue weighted by Crippen LogP contribution is 2.18. The minimum Gasteiger partial charge on any atom is -0.545 e. The van der Waals surface area contributed by atoms with E-state index in [0.29, 0.717) is 0 Å². The van der Waals surface area contributed by atoms with E-state index in [4.69, 9.17) is 9.47 Å². The Balaban J connectivity index is 1.93. The third kappa shape index (κ3) is 3.76. The normalized spacial score (nSPS) is 10.0. The highest BCUT2D eigenvalue weighted by molar-refractivity contribution is 5.89. The second-order valence-corrected chi connectivity index (χ2v) is 4.26. The van der Waals surface area contributed by atoms with Crippen molar-refractivity contribution in [2.24, 2.45) is 0 Å². The molecule has 6 heteroatoms. The fourth-order valence-corrected chi connectivity index (χ4v) is 1.83. The third-order valence-corrected chi connectivity index (χ3v) is 2.81. The summed E-state index contributed by atoms with van der Waals surface area (Å²) in [5.74, 6) is -2.34. The Morgan fingerprint density at radius 1 is 0.727 bits per heavy atom. The Labute approximate surface area is 126 Å². The molecule has 0 bridgehead atoms. The summed E-state index contributed by atoms with van der Waals surface area (Å²) in [6.07, 6.45) is 0. The minimum absolute atomic E-state index is 0.0473. The lowest BCUT2D eigenvalue weighted by molar-refractivity contribution is -0.256. The second-order valence-electron chi connectivity index (χ2n) is 4.26. The van der Waals surface area contributed by atoms with Crippen LogP contribution in [0.2, 0.25) is 0 Å². The molecule has 0 aliphatic heterocycles. The van der Waals surface area contributed by atoms with Crippen LogP contribution in [0.5, 0.6) is 11.5 Å². The Bertz CT molecular complexity index is 620. The van der Waals surface area contributed by atoms with E-state index in [2.05, 4.69) is 0 Å². The molecule has 0 aliphatic rings. The summed E-state index contributed by atoms with van der Waals surface area (Å²) in [7, 11) is 0. The van der Waals surface area contributed by atoms with E-state index in [1.165, 1.54) is 24.3 Å². The first-order valence-electron chi connectivity index (χ1n) is 6.46. The van der Waals surface area contributed by atoms with Crippen LogP contribution in [0.25, 0.3) is 0 Å². The standard InChI is InChI=1S/C16H14O6/c17-15(18)11-5-1-3-7-13(11)21-9-10-22-14-8-4-2-6-12(14)16(19)20/h1-8H,9-10H2,(H,17,18)(H,19,20)/p-2. The lowest BCUT2D eigenvalue weighted by Crippen LogP contribution is -2.24. The molecule has 0 saturated carbocycles. The number of aromatic carboxylic acids is 2. The first-order chi connectivity index (χ1) is 10.6. The molecule has 0 spiro atoms. The van der Waals surface area contributed by atoms with Gasteiger partial charge in [-0.2, -0.15) is 0 Å². The molecule has 114 valence electrons. The van der Waals surface area contributed by atoms with Gasteiger partial charge in [-0.1, -0.05) is 24.3 Å². The molecule has 0 amide bonds. The molecule has 0 unspecified atom stereocenters. The Kier molecular flexibility index (Phi) is 4.98. The van der Waals surface area contributed by atoms with Gasteiger partial charge in [0.25, 0.3) is 0 Å². The third-order valence-electron chi connectivity index (χ3n) is 2.81. The van der Waals surface area contributed by atoms with Gasteiger partial charge in [0.1, 0.15) is 24.7 Å². The molecule has 0 aromatic heterocycles. The van der Waals surface area contributed by atoms with Gasteiger partial charge in [-0.3, -0.25) is 0 Å². The molecule has 0 radical (unpaired) electrons. The summed E-state index contributed by atoms with van der Waals surface area (Å²) in [6, 6.07) is 12.1. The van der Waals surface area contributed by atoms with Gasteiger partial charge in [0.15, 0.2) is 0 Å². The van der Waals surface area contributed by atoms with E-state index < -0.39 is 11.9 Å². The molecule has 2 rings (SSSR count). The average Bonchev–Trinajstić information content (AvgIpc) is 2.52. The second kappa shape index (κ2) is 7.12. The number of para-hydroxylation sites is 2. The fourth-order valence-electron chi connectivity index (χ4n) is 1.83. The van der Waals surface area contributed by atoms with Crippen LogP contribution in [-0.2, 0) is 0 Å². The van der Waals surface area contributed by atoms with Gasteiger partial charge in [0.05, 0.1) is 11.9 Å². The molecule has 6 nitrogen and oxygen atoms in total. The quantitative estimate of drug-likeness (QED) is 0.661. The molecular weight excluding hydrogens is 288 g/mol. The molecule has 22 heavy (non-hydrogen) atoms. The lowest BCUT2D eigenvalue weighted by atomic mass is 10.2. The highest BCUT2D eigenvalue weighted by atomic mass is 16.5. The monoisotopic (exact) mass is 300 g/mol. The van der Waals surface area contributed by atoms with Gasteiger partial charge in [0.2, 0.25) is 0 Å². The average molecular weight is 300 g/mol. The Hall–Kier alpha value is -3.02. The van der Waals surface area contributed by atoms with Gasteiger partial charge >= 0.3 is 0 Å². The molecule has 0 aliphatic carbocycles. The summed E-state index contributed by atoms with van der Waals surface area (Å²) in [4.78, 5) is 21.8. The van der Waals surface area contributed by atoms with Gasteiger partial charge in [-0.15, -0.1) is 0 Å². The molecule has 0 atom stereocenters. The summed E-state index contributed by atoms with van der Waals surface area (Å²) in [5, 5.41) is 21.8. The van der Waals surface area contributed by atoms with E-state index in [0.717, 1.165) is 0 Å². The van der Waals surface area contributed by atoms with Crippen molar-refractivity contribution in [3.05, 3.63) is 59.7 Å². The van der Waals surface area contributed by atoms with Crippen molar-refractivity contribution in [2.75, 3.05) is 13.2 Å². The maximum Gasteiger partial charge on any atom is 0.128 e. The molecule has 0 saturated heterocycles. The zero-order valence-electron chi connectivity index (χ0n) is 11.5. The van der Waals surface area contributed by atoms with Gasteiger partial charge < -0.3 is 29.3 Å². The Morgan fingerprint density at radius 3 is 1.45 bits per heavy atom. The fraction of sp³-hybridized carbons (Fsp3) is 0.125. The molecule has 2 aromatic carbocycles. The van der Waals surface area contributed by atoms with Crippen LogP contribution in [0.15, 0.2) is 48.5 Å². The number of carbonyl (C=O) groups excluding carboxylic acids is 2. The number of benzene rings is 2. The number of carboxylic acids is 2. The molecular formula is C16H12O6-2. The van der Waals surface area contributed by atoms with Crippen LogP contribution in [0.4, 0.5) is 0 Å². The number of hydrogen-bond acceptors (Lipinski definition) is 6. The van der Waals surface area contributed by atoms with Crippen molar-refractivity contribution in [3.63, 3.8) is 0 Å². The summed E-state index contributed by atoms with van der Waals surface area (Å²) in [5.41, 5.74) is -0.115. The van der Waals surface area contributed by atoms with E-state index in [1.54, 1.807) is 24.3 Å². The van der Waals surface area contributed by atoms with Crippen molar-refractivity contribution < 1.29 is 29.3 Å². The SMILES string of the molecule is O=C([O-])c1ccccc1OCCOc1ccccc1C(=O)[O-]. The predicted molar refractivity (Wildman–Crippen MR) is 72.5 cm³/mol. The molecule has 0 N–H and O–H groups in total. The van der Waals surface area contributed by atoms with Gasteiger partial charge in [-0.05, 0) is 24.3 Å². The number of hydrogen-bond donors (Lipinski definition) is 0. The van der Waals surface area contributed by atoms with Crippen LogP contribution in [0.3, 0.4) is 0 Å². The minimum atomic E-state index is -1.33. The number of rotatable bonds is 7. The van der Waals surface area contributed by atoms with Gasteiger partial charge in [-0.25, -0.2) is 0 Å². The smallest absolute Gasteiger partial charge is 0.128 e. The number of ether oxygens (including phenoxy) is 2. The topological polar surface area (TPSA) is 98.7 Å². The van der Waals surface area contributed by atoms with Crippen LogP contribution >= 0.6 is 0 Å². The first-order valence-corrected chi connectivity index (χ1v) is 6.46. The van der Waals surface area contributed by atoms with Crippen LogP contribution in [0, 0.1) is 0 Å². The van der Waals surface area contributed by atoms with Crippen LogP contribution in [0.1, 0.15) is 20.7 Å².